The SMILES string of the molecule is CC1(C)C(CNc2ccc(N)cc2Br)C1(C)C. The van der Waals surface area contributed by atoms with E-state index in [1.54, 1.807) is 0 Å². The summed E-state index contributed by atoms with van der Waals surface area (Å²) in [7, 11) is 0. The van der Waals surface area contributed by atoms with Crippen LogP contribution in [0.1, 0.15) is 27.7 Å². The highest BCUT2D eigenvalue weighted by atomic mass is 79.9. The van der Waals surface area contributed by atoms with Crippen molar-refractivity contribution in [2.75, 3.05) is 17.6 Å². The van der Waals surface area contributed by atoms with Crippen molar-refractivity contribution >= 4 is 27.3 Å². The van der Waals surface area contributed by atoms with Gasteiger partial charge in [0.1, 0.15) is 0 Å². The van der Waals surface area contributed by atoms with Crippen molar-refractivity contribution in [3.8, 4) is 0 Å². The van der Waals surface area contributed by atoms with E-state index in [4.69, 9.17) is 5.73 Å². The number of rotatable bonds is 3. The Bertz CT molecular complexity index is 424. The normalized spacial score (nSPS) is 21.2. The molecule has 0 unspecified atom stereocenters. The maximum absolute atomic E-state index is 5.72. The second-order valence-electron chi connectivity index (χ2n) is 6.12. The van der Waals surface area contributed by atoms with Crippen molar-refractivity contribution in [2.24, 2.45) is 16.7 Å². The van der Waals surface area contributed by atoms with E-state index in [1.807, 2.05) is 18.2 Å². The van der Waals surface area contributed by atoms with E-state index < -0.39 is 0 Å². The third-order valence-corrected chi connectivity index (χ3v) is 5.47. The van der Waals surface area contributed by atoms with Gasteiger partial charge in [-0.3, -0.25) is 0 Å². The molecule has 3 N–H and O–H groups in total. The van der Waals surface area contributed by atoms with E-state index in [2.05, 4.69) is 48.9 Å². The molecule has 0 spiro atoms. The summed E-state index contributed by atoms with van der Waals surface area (Å²) in [6.07, 6.45) is 0. The Morgan fingerprint density at radius 2 is 1.82 bits per heavy atom. The lowest BCUT2D eigenvalue weighted by molar-refractivity contribution is 0.457. The van der Waals surface area contributed by atoms with Gasteiger partial charge in [-0.25, -0.2) is 0 Å². The minimum absolute atomic E-state index is 0.431. The lowest BCUT2D eigenvalue weighted by Gasteiger charge is -2.10. The molecule has 0 aliphatic heterocycles. The van der Waals surface area contributed by atoms with E-state index in [1.165, 1.54) is 0 Å². The highest BCUT2D eigenvalue weighted by molar-refractivity contribution is 9.10. The fourth-order valence-electron chi connectivity index (χ4n) is 2.73. The van der Waals surface area contributed by atoms with Crippen LogP contribution in [0.4, 0.5) is 11.4 Å². The van der Waals surface area contributed by atoms with Crippen LogP contribution in [-0.4, -0.2) is 6.54 Å². The third kappa shape index (κ3) is 2.05. The Morgan fingerprint density at radius 1 is 1.24 bits per heavy atom. The molecule has 0 radical (unpaired) electrons. The number of benzene rings is 1. The summed E-state index contributed by atoms with van der Waals surface area (Å²) in [5.74, 6) is 0.722. The van der Waals surface area contributed by atoms with Crippen LogP contribution in [0.3, 0.4) is 0 Å². The second-order valence-corrected chi connectivity index (χ2v) is 6.97. The molecular weight excluding hydrogens is 276 g/mol. The molecule has 1 saturated carbocycles. The molecule has 1 aliphatic carbocycles. The van der Waals surface area contributed by atoms with Gasteiger partial charge in [-0.05, 0) is 50.9 Å². The number of hydrogen-bond acceptors (Lipinski definition) is 2. The third-order valence-electron chi connectivity index (χ3n) is 4.81. The van der Waals surface area contributed by atoms with Crippen molar-refractivity contribution in [2.45, 2.75) is 27.7 Å². The lowest BCUT2D eigenvalue weighted by Crippen LogP contribution is -2.08. The predicted molar refractivity (Wildman–Crippen MR) is 78.1 cm³/mol. The summed E-state index contributed by atoms with van der Waals surface area (Å²) in [5.41, 5.74) is 8.50. The molecule has 0 amide bonds. The maximum atomic E-state index is 5.72. The zero-order valence-corrected chi connectivity index (χ0v) is 12.6. The van der Waals surface area contributed by atoms with Crippen molar-refractivity contribution < 1.29 is 0 Å². The van der Waals surface area contributed by atoms with Crippen LogP contribution in [0.15, 0.2) is 22.7 Å². The first-order chi connectivity index (χ1) is 7.76. The van der Waals surface area contributed by atoms with Gasteiger partial charge >= 0.3 is 0 Å². The molecular formula is C14H21BrN2. The molecule has 2 rings (SSSR count). The van der Waals surface area contributed by atoms with E-state index in [0.29, 0.717) is 10.8 Å². The summed E-state index contributed by atoms with van der Waals surface area (Å²) in [6.45, 7) is 10.4. The Balaban J connectivity index is 2.00. The molecule has 0 aromatic heterocycles. The molecule has 0 heterocycles. The van der Waals surface area contributed by atoms with Gasteiger partial charge in [0.25, 0.3) is 0 Å². The van der Waals surface area contributed by atoms with Gasteiger partial charge in [0, 0.05) is 22.4 Å². The molecule has 17 heavy (non-hydrogen) atoms. The minimum atomic E-state index is 0.431. The van der Waals surface area contributed by atoms with Crippen LogP contribution in [0.5, 0.6) is 0 Å². The summed E-state index contributed by atoms with van der Waals surface area (Å²) < 4.78 is 1.04. The Morgan fingerprint density at radius 3 is 2.29 bits per heavy atom. The minimum Gasteiger partial charge on any atom is -0.399 e. The van der Waals surface area contributed by atoms with Crippen LogP contribution >= 0.6 is 15.9 Å². The second kappa shape index (κ2) is 3.91. The van der Waals surface area contributed by atoms with Gasteiger partial charge < -0.3 is 11.1 Å². The standard InChI is InChI=1S/C14H21BrN2/c1-13(2)12(14(13,3)4)8-17-11-6-5-9(16)7-10(11)15/h5-7,12,17H,8,16H2,1-4H3. The Hall–Kier alpha value is -0.700. The summed E-state index contributed by atoms with van der Waals surface area (Å²) in [4.78, 5) is 0. The highest BCUT2D eigenvalue weighted by Gasteiger charge is 2.63. The first-order valence-electron chi connectivity index (χ1n) is 6.05. The van der Waals surface area contributed by atoms with Crippen LogP contribution in [0.2, 0.25) is 0 Å². The fourth-order valence-corrected chi connectivity index (χ4v) is 3.27. The predicted octanol–water partition coefficient (Wildman–Crippen LogP) is 4.13. The van der Waals surface area contributed by atoms with Gasteiger partial charge in [-0.1, -0.05) is 27.7 Å². The number of nitrogens with two attached hydrogens (primary N) is 1. The number of hydrogen-bond donors (Lipinski definition) is 2. The summed E-state index contributed by atoms with van der Waals surface area (Å²) in [6, 6.07) is 5.89. The first-order valence-corrected chi connectivity index (χ1v) is 6.85. The molecule has 1 fully saturated rings. The van der Waals surface area contributed by atoms with Gasteiger partial charge in [0.05, 0.1) is 0 Å². The van der Waals surface area contributed by atoms with E-state index in [0.717, 1.165) is 28.3 Å². The molecule has 2 nitrogen and oxygen atoms in total. The fraction of sp³-hybridized carbons (Fsp3) is 0.571. The van der Waals surface area contributed by atoms with Crippen LogP contribution in [-0.2, 0) is 0 Å². The summed E-state index contributed by atoms with van der Waals surface area (Å²) >= 11 is 3.53. The number of nitrogen functional groups attached to an aromatic ring is 1. The largest absolute Gasteiger partial charge is 0.399 e. The van der Waals surface area contributed by atoms with Crippen molar-refractivity contribution in [1.29, 1.82) is 0 Å². The van der Waals surface area contributed by atoms with Crippen LogP contribution in [0.25, 0.3) is 0 Å². The van der Waals surface area contributed by atoms with Gasteiger partial charge in [0.15, 0.2) is 0 Å². The molecule has 1 aromatic carbocycles. The zero-order chi connectivity index (χ0) is 12.8. The Kier molecular flexibility index (Phi) is 2.93. The summed E-state index contributed by atoms with van der Waals surface area (Å²) in [5, 5.41) is 3.51. The van der Waals surface area contributed by atoms with Crippen molar-refractivity contribution in [3.63, 3.8) is 0 Å². The quantitative estimate of drug-likeness (QED) is 0.823. The Labute approximate surface area is 112 Å². The molecule has 94 valence electrons. The molecule has 0 atom stereocenters. The van der Waals surface area contributed by atoms with Gasteiger partial charge in [-0.15, -0.1) is 0 Å². The lowest BCUT2D eigenvalue weighted by atomic mass is 10.0. The maximum Gasteiger partial charge on any atom is 0.0486 e. The average Bonchev–Trinajstić information content (AvgIpc) is 2.58. The molecule has 3 heteroatoms. The zero-order valence-electron chi connectivity index (χ0n) is 11.0. The highest BCUT2D eigenvalue weighted by Crippen LogP contribution is 2.68. The molecule has 0 bridgehead atoms. The van der Waals surface area contributed by atoms with E-state index in [9.17, 15) is 0 Å². The number of nitrogens with one attached hydrogen (secondary N) is 1. The number of halogens is 1. The first kappa shape index (κ1) is 12.7. The molecule has 0 saturated heterocycles. The molecule has 1 aromatic rings. The molecule has 1 aliphatic rings. The average molecular weight is 297 g/mol. The van der Waals surface area contributed by atoms with E-state index >= 15 is 0 Å². The monoisotopic (exact) mass is 296 g/mol. The van der Waals surface area contributed by atoms with Gasteiger partial charge in [0.2, 0.25) is 0 Å². The van der Waals surface area contributed by atoms with Crippen molar-refractivity contribution in [3.05, 3.63) is 22.7 Å². The smallest absolute Gasteiger partial charge is 0.0486 e. The number of anilines is 2. The van der Waals surface area contributed by atoms with Gasteiger partial charge in [-0.2, -0.15) is 0 Å². The van der Waals surface area contributed by atoms with Crippen molar-refractivity contribution in [1.82, 2.24) is 0 Å². The van der Waals surface area contributed by atoms with Crippen LogP contribution in [0, 0.1) is 16.7 Å². The van der Waals surface area contributed by atoms with E-state index in [-0.39, 0.29) is 0 Å². The van der Waals surface area contributed by atoms with Crippen LogP contribution < -0.4 is 11.1 Å². The topological polar surface area (TPSA) is 38.0 Å².